The minimum Gasteiger partial charge on any atom is -0.484 e. The number of ether oxygens (including phenoxy) is 1. The molecule has 9 nitrogen and oxygen atoms in total. The molecule has 2 amide bonds. The number of nitrogens with two attached hydrogens (primary N) is 1. The Balaban J connectivity index is 1.68. The smallest absolute Gasteiger partial charge is 0.297 e. The molecule has 10 heteroatoms. The van der Waals surface area contributed by atoms with E-state index >= 15 is 0 Å². The quantitative estimate of drug-likeness (QED) is 0.405. The third-order valence-corrected chi connectivity index (χ3v) is 7.17. The summed E-state index contributed by atoms with van der Waals surface area (Å²) in [5, 5.41) is 10.1. The third kappa shape index (κ3) is 4.03. The topological polar surface area (TPSA) is 129 Å². The molecule has 0 fully saturated rings. The lowest BCUT2D eigenvalue weighted by Crippen LogP contribution is -2.29. The number of hydrogen-bond acceptors (Lipinski definition) is 8. The van der Waals surface area contributed by atoms with E-state index in [1.807, 2.05) is 20.8 Å². The van der Waals surface area contributed by atoms with Crippen molar-refractivity contribution in [3.8, 4) is 5.75 Å². The molecule has 5 rings (SSSR count). The van der Waals surface area contributed by atoms with Crippen molar-refractivity contribution in [1.29, 1.82) is 0 Å². The van der Waals surface area contributed by atoms with Gasteiger partial charge in [0, 0.05) is 6.42 Å². The Hall–Kier alpha value is -4.05. The van der Waals surface area contributed by atoms with E-state index in [4.69, 9.17) is 14.9 Å². The van der Waals surface area contributed by atoms with E-state index < -0.39 is 17.9 Å². The van der Waals surface area contributed by atoms with Gasteiger partial charge in [0.15, 0.2) is 12.0 Å². The molecule has 184 valence electrons. The van der Waals surface area contributed by atoms with E-state index in [-0.39, 0.29) is 23.4 Å². The number of carbonyl (C=O) groups is 2. The number of anilines is 1. The monoisotopic (exact) mass is 504 g/mol. The number of primary amides is 1. The molecule has 1 aliphatic rings. The molecule has 0 radical (unpaired) electrons. The van der Waals surface area contributed by atoms with Crippen molar-refractivity contribution in [3.05, 3.63) is 79.6 Å². The lowest BCUT2D eigenvalue weighted by atomic mass is 9.97. The van der Waals surface area contributed by atoms with E-state index in [1.54, 1.807) is 36.4 Å². The number of amides is 2. The highest BCUT2D eigenvalue weighted by molar-refractivity contribution is 7.15. The highest BCUT2D eigenvalue weighted by Gasteiger charge is 2.45. The highest BCUT2D eigenvalue weighted by atomic mass is 32.1. The minimum atomic E-state index is -0.762. The molecule has 36 heavy (non-hydrogen) atoms. The molecule has 0 saturated heterocycles. The molecule has 0 spiro atoms. The third-order valence-electron chi connectivity index (χ3n) is 6.19. The average molecular weight is 505 g/mol. The Kier molecular flexibility index (Phi) is 6.05. The van der Waals surface area contributed by atoms with Gasteiger partial charge in [-0.3, -0.25) is 19.3 Å². The molecule has 2 aromatic carbocycles. The molecule has 0 saturated carbocycles. The summed E-state index contributed by atoms with van der Waals surface area (Å²) in [5.41, 5.74) is 8.11. The maximum Gasteiger partial charge on any atom is 0.297 e. The molecular weight excluding hydrogens is 480 g/mol. The van der Waals surface area contributed by atoms with Gasteiger partial charge in [0.25, 0.3) is 11.8 Å². The van der Waals surface area contributed by atoms with Crippen molar-refractivity contribution in [1.82, 2.24) is 10.2 Å². The standard InChI is InChI=1S/C26H24N4O5S/c1-4-5-20-28-29-26(36-20)30-22(15-6-8-16(9-7-15)34-12-19(27)31)21-23(32)17-10-13(2)14(3)11-18(17)35-24(21)25(30)33/h6-11,22H,4-5,12H2,1-3H3,(H2,27,31). The number of hydrogen-bond donors (Lipinski definition) is 1. The van der Waals surface area contributed by atoms with Gasteiger partial charge in [-0.05, 0) is 61.2 Å². The number of nitrogens with zero attached hydrogens (tertiary/aromatic N) is 3. The van der Waals surface area contributed by atoms with Crippen LogP contribution >= 0.6 is 11.3 Å². The van der Waals surface area contributed by atoms with Gasteiger partial charge >= 0.3 is 0 Å². The van der Waals surface area contributed by atoms with Crippen LogP contribution in [0, 0.1) is 13.8 Å². The van der Waals surface area contributed by atoms with Gasteiger partial charge in [-0.15, -0.1) is 10.2 Å². The van der Waals surface area contributed by atoms with E-state index in [0.717, 1.165) is 29.0 Å². The number of aryl methyl sites for hydroxylation is 3. The molecule has 1 aliphatic heterocycles. The van der Waals surface area contributed by atoms with Crippen molar-refractivity contribution in [2.45, 2.75) is 39.7 Å². The summed E-state index contributed by atoms with van der Waals surface area (Å²) < 4.78 is 11.4. The normalized spacial score (nSPS) is 14.9. The summed E-state index contributed by atoms with van der Waals surface area (Å²) in [6, 6.07) is 9.64. The van der Waals surface area contributed by atoms with E-state index in [1.165, 1.54) is 16.2 Å². The molecule has 0 aliphatic carbocycles. The fourth-order valence-corrected chi connectivity index (χ4v) is 5.27. The maximum absolute atomic E-state index is 13.8. The Morgan fingerprint density at radius 2 is 1.86 bits per heavy atom. The van der Waals surface area contributed by atoms with Crippen molar-refractivity contribution >= 4 is 39.3 Å². The molecule has 2 aromatic heterocycles. The van der Waals surface area contributed by atoms with Crippen LogP contribution < -0.4 is 20.8 Å². The maximum atomic E-state index is 13.8. The van der Waals surface area contributed by atoms with Crippen LogP contribution in [0.5, 0.6) is 5.75 Å². The molecular formula is C26H24N4O5S. The highest BCUT2D eigenvalue weighted by Crippen LogP contribution is 2.42. The fraction of sp³-hybridized carbons (Fsp3) is 0.269. The van der Waals surface area contributed by atoms with Crippen LogP contribution in [0.4, 0.5) is 5.13 Å². The molecule has 3 heterocycles. The Labute approximate surface area is 210 Å². The Morgan fingerprint density at radius 3 is 2.56 bits per heavy atom. The van der Waals surface area contributed by atoms with E-state index in [2.05, 4.69) is 10.2 Å². The van der Waals surface area contributed by atoms with Crippen LogP contribution in [0.1, 0.15) is 57.2 Å². The van der Waals surface area contributed by atoms with Crippen LogP contribution in [0.25, 0.3) is 11.0 Å². The molecule has 1 unspecified atom stereocenters. The Bertz CT molecular complexity index is 1560. The average Bonchev–Trinajstić information content (AvgIpc) is 3.42. The number of carbonyl (C=O) groups excluding carboxylic acids is 2. The van der Waals surface area contributed by atoms with Gasteiger partial charge in [0.05, 0.1) is 17.0 Å². The number of rotatable bonds is 7. The van der Waals surface area contributed by atoms with Gasteiger partial charge in [-0.2, -0.15) is 0 Å². The zero-order valence-electron chi connectivity index (χ0n) is 20.0. The summed E-state index contributed by atoms with van der Waals surface area (Å²) in [6.45, 7) is 5.64. The molecule has 1 atom stereocenters. The van der Waals surface area contributed by atoms with Crippen LogP contribution in [-0.2, 0) is 11.2 Å². The molecule has 0 bridgehead atoms. The summed E-state index contributed by atoms with van der Waals surface area (Å²) in [4.78, 5) is 40.0. The van der Waals surface area contributed by atoms with E-state index in [0.29, 0.717) is 27.4 Å². The van der Waals surface area contributed by atoms with Gasteiger partial charge in [0.1, 0.15) is 16.3 Å². The molecule has 2 N–H and O–H groups in total. The lowest BCUT2D eigenvalue weighted by Gasteiger charge is -2.22. The van der Waals surface area contributed by atoms with Gasteiger partial charge < -0.3 is 14.9 Å². The van der Waals surface area contributed by atoms with Crippen LogP contribution in [-0.4, -0.2) is 28.6 Å². The van der Waals surface area contributed by atoms with Crippen LogP contribution in [0.15, 0.2) is 45.6 Å². The first-order chi connectivity index (χ1) is 17.3. The second kappa shape index (κ2) is 9.19. The summed E-state index contributed by atoms with van der Waals surface area (Å²) in [6.07, 6.45) is 1.63. The van der Waals surface area contributed by atoms with Crippen LogP contribution in [0.2, 0.25) is 0 Å². The van der Waals surface area contributed by atoms with Crippen molar-refractivity contribution in [2.75, 3.05) is 11.5 Å². The predicted molar refractivity (Wildman–Crippen MR) is 136 cm³/mol. The molecule has 4 aromatic rings. The van der Waals surface area contributed by atoms with Crippen molar-refractivity contribution in [2.24, 2.45) is 5.73 Å². The Morgan fingerprint density at radius 1 is 1.14 bits per heavy atom. The van der Waals surface area contributed by atoms with Gasteiger partial charge in [0.2, 0.25) is 10.9 Å². The van der Waals surface area contributed by atoms with Crippen LogP contribution in [0.3, 0.4) is 0 Å². The minimum absolute atomic E-state index is 0.00190. The zero-order valence-corrected chi connectivity index (χ0v) is 20.8. The van der Waals surface area contributed by atoms with E-state index in [9.17, 15) is 14.4 Å². The number of benzene rings is 2. The fourth-order valence-electron chi connectivity index (χ4n) is 4.30. The summed E-state index contributed by atoms with van der Waals surface area (Å²) >= 11 is 1.32. The summed E-state index contributed by atoms with van der Waals surface area (Å²) in [7, 11) is 0. The second-order valence-corrected chi connectivity index (χ2v) is 9.78. The van der Waals surface area contributed by atoms with Crippen molar-refractivity contribution in [3.63, 3.8) is 0 Å². The first kappa shape index (κ1) is 23.7. The first-order valence-electron chi connectivity index (χ1n) is 11.5. The van der Waals surface area contributed by atoms with Gasteiger partial charge in [-0.25, -0.2) is 0 Å². The number of fused-ring (bicyclic) bond motifs is 2. The van der Waals surface area contributed by atoms with Crippen molar-refractivity contribution < 1.29 is 18.7 Å². The second-order valence-electron chi connectivity index (χ2n) is 8.74. The van der Waals surface area contributed by atoms with Gasteiger partial charge in [-0.1, -0.05) is 30.4 Å². The predicted octanol–water partition coefficient (Wildman–Crippen LogP) is 3.83. The SMILES string of the molecule is CCCc1nnc(N2C(=O)c3oc4cc(C)c(C)cc4c(=O)c3C2c2ccc(OCC(N)=O)cc2)s1. The lowest BCUT2D eigenvalue weighted by molar-refractivity contribution is -0.119. The summed E-state index contributed by atoms with van der Waals surface area (Å²) in [5.74, 6) is -0.594. The largest absolute Gasteiger partial charge is 0.484 e. The number of aromatic nitrogens is 2. The zero-order chi connectivity index (χ0) is 25.6. The first-order valence-corrected chi connectivity index (χ1v) is 12.3.